The van der Waals surface area contributed by atoms with E-state index in [2.05, 4.69) is 40.3 Å². The largest absolute Gasteiger partial charge is 0.395 e. The maximum Gasteiger partial charge on any atom is 0.170 e. The maximum absolute atomic E-state index is 8.67. The third-order valence-corrected chi connectivity index (χ3v) is 4.49. The molecule has 1 aromatic carbocycles. The van der Waals surface area contributed by atoms with Gasteiger partial charge in [0.1, 0.15) is 5.82 Å². The second kappa shape index (κ2) is 8.05. The van der Waals surface area contributed by atoms with Gasteiger partial charge in [-0.3, -0.25) is 0 Å². The van der Waals surface area contributed by atoms with Gasteiger partial charge in [0.15, 0.2) is 4.34 Å². The zero-order chi connectivity index (χ0) is 14.2. The monoisotopic (exact) mass is 304 g/mol. The number of hydrogen-bond acceptors (Lipinski definition) is 5. The second-order valence-corrected chi connectivity index (χ2v) is 6.07. The highest BCUT2D eigenvalue weighted by Crippen LogP contribution is 2.24. The van der Waals surface area contributed by atoms with Crippen molar-refractivity contribution < 1.29 is 5.11 Å². The SMILES string of the molecule is CCc1nsc(SCc2ccc(C#CCCO)cc2)n1. The Morgan fingerprint density at radius 3 is 2.75 bits per heavy atom. The lowest BCUT2D eigenvalue weighted by atomic mass is 10.1. The van der Waals surface area contributed by atoms with Crippen LogP contribution in [0.2, 0.25) is 0 Å². The van der Waals surface area contributed by atoms with Crippen molar-refractivity contribution in [2.75, 3.05) is 6.61 Å². The van der Waals surface area contributed by atoms with E-state index in [1.807, 2.05) is 12.1 Å². The third kappa shape index (κ3) is 4.64. The molecule has 2 aromatic rings. The molecule has 3 nitrogen and oxygen atoms in total. The van der Waals surface area contributed by atoms with Gasteiger partial charge in [-0.25, -0.2) is 4.98 Å². The molecular weight excluding hydrogens is 288 g/mol. The van der Waals surface area contributed by atoms with E-state index >= 15 is 0 Å². The molecule has 0 atom stereocenters. The summed E-state index contributed by atoms with van der Waals surface area (Å²) >= 11 is 3.18. The van der Waals surface area contributed by atoms with Crippen LogP contribution in [0.3, 0.4) is 0 Å². The summed E-state index contributed by atoms with van der Waals surface area (Å²) in [5.74, 6) is 7.75. The van der Waals surface area contributed by atoms with Crippen LogP contribution in [0.25, 0.3) is 0 Å². The van der Waals surface area contributed by atoms with Gasteiger partial charge in [0.05, 0.1) is 6.61 Å². The van der Waals surface area contributed by atoms with Crippen LogP contribution in [-0.4, -0.2) is 21.1 Å². The van der Waals surface area contributed by atoms with Gasteiger partial charge < -0.3 is 5.11 Å². The quantitative estimate of drug-likeness (QED) is 0.681. The molecule has 0 saturated heterocycles. The molecule has 1 N–H and O–H groups in total. The van der Waals surface area contributed by atoms with E-state index in [9.17, 15) is 0 Å². The summed E-state index contributed by atoms with van der Waals surface area (Å²) in [6, 6.07) is 8.19. The zero-order valence-electron chi connectivity index (χ0n) is 11.3. The molecule has 0 aliphatic heterocycles. The van der Waals surface area contributed by atoms with E-state index in [0.29, 0.717) is 6.42 Å². The third-order valence-electron chi connectivity index (χ3n) is 2.55. The highest BCUT2D eigenvalue weighted by atomic mass is 32.2. The van der Waals surface area contributed by atoms with Crippen molar-refractivity contribution in [3.63, 3.8) is 0 Å². The number of benzene rings is 1. The molecule has 20 heavy (non-hydrogen) atoms. The first-order chi connectivity index (χ1) is 9.81. The maximum atomic E-state index is 8.67. The number of aliphatic hydroxyl groups excluding tert-OH is 1. The van der Waals surface area contributed by atoms with Gasteiger partial charge in [-0.1, -0.05) is 42.7 Å². The molecule has 1 heterocycles. The van der Waals surface area contributed by atoms with E-state index < -0.39 is 0 Å². The van der Waals surface area contributed by atoms with E-state index in [4.69, 9.17) is 5.11 Å². The number of aryl methyl sites for hydroxylation is 1. The van der Waals surface area contributed by atoms with Crippen LogP contribution in [0.4, 0.5) is 0 Å². The molecule has 1 aromatic heterocycles. The molecule has 0 amide bonds. The van der Waals surface area contributed by atoms with Gasteiger partial charge in [-0.05, 0) is 29.2 Å². The number of aliphatic hydroxyl groups is 1. The summed E-state index contributed by atoms with van der Waals surface area (Å²) < 4.78 is 5.30. The summed E-state index contributed by atoms with van der Waals surface area (Å²) in [7, 11) is 0. The van der Waals surface area contributed by atoms with Crippen molar-refractivity contribution in [3.05, 3.63) is 41.2 Å². The fourth-order valence-electron chi connectivity index (χ4n) is 1.49. The number of nitrogens with zero attached hydrogens (tertiary/aromatic N) is 2. The lowest BCUT2D eigenvalue weighted by Crippen LogP contribution is -1.83. The van der Waals surface area contributed by atoms with E-state index in [-0.39, 0.29) is 6.61 Å². The second-order valence-electron chi connectivity index (χ2n) is 4.09. The fraction of sp³-hybridized carbons (Fsp3) is 0.333. The van der Waals surface area contributed by atoms with Crippen LogP contribution >= 0.6 is 23.3 Å². The minimum absolute atomic E-state index is 0.114. The Hall–Kier alpha value is -1.35. The van der Waals surface area contributed by atoms with Crippen LogP contribution in [-0.2, 0) is 12.2 Å². The fourth-order valence-corrected chi connectivity index (χ4v) is 3.14. The molecule has 0 aliphatic carbocycles. The molecule has 0 fully saturated rings. The molecule has 104 valence electrons. The zero-order valence-corrected chi connectivity index (χ0v) is 12.9. The van der Waals surface area contributed by atoms with Crippen molar-refractivity contribution in [2.24, 2.45) is 0 Å². The topological polar surface area (TPSA) is 46.0 Å². The molecule has 0 spiro atoms. The van der Waals surface area contributed by atoms with Crippen molar-refractivity contribution in [2.45, 2.75) is 29.9 Å². The van der Waals surface area contributed by atoms with Gasteiger partial charge >= 0.3 is 0 Å². The summed E-state index contributed by atoms with van der Waals surface area (Å²) in [6.45, 7) is 2.18. The molecule has 0 aliphatic rings. The highest BCUT2D eigenvalue weighted by molar-refractivity contribution is 8.00. The Balaban J connectivity index is 1.89. The van der Waals surface area contributed by atoms with Crippen molar-refractivity contribution in [1.82, 2.24) is 9.36 Å². The Morgan fingerprint density at radius 1 is 1.30 bits per heavy atom. The lowest BCUT2D eigenvalue weighted by molar-refractivity contribution is 0.305. The van der Waals surface area contributed by atoms with Crippen molar-refractivity contribution in [3.8, 4) is 11.8 Å². The summed E-state index contributed by atoms with van der Waals surface area (Å²) in [5, 5.41) is 8.67. The van der Waals surface area contributed by atoms with Gasteiger partial charge in [0, 0.05) is 24.2 Å². The van der Waals surface area contributed by atoms with Crippen LogP contribution in [0.15, 0.2) is 28.6 Å². The number of aromatic nitrogens is 2. The lowest BCUT2D eigenvalue weighted by Gasteiger charge is -1.99. The van der Waals surface area contributed by atoms with Gasteiger partial charge in [0.25, 0.3) is 0 Å². The molecular formula is C15H16N2OS2. The summed E-state index contributed by atoms with van der Waals surface area (Å²) in [5.41, 5.74) is 2.23. The molecule has 2 rings (SSSR count). The first-order valence-corrected chi connectivity index (χ1v) is 8.21. The van der Waals surface area contributed by atoms with Crippen molar-refractivity contribution >= 4 is 23.3 Å². The summed E-state index contributed by atoms with van der Waals surface area (Å²) in [4.78, 5) is 4.44. The summed E-state index contributed by atoms with van der Waals surface area (Å²) in [6.07, 6.45) is 1.41. The van der Waals surface area contributed by atoms with E-state index in [1.165, 1.54) is 17.1 Å². The molecule has 0 saturated carbocycles. The highest BCUT2D eigenvalue weighted by Gasteiger charge is 2.03. The first kappa shape index (κ1) is 15.0. The first-order valence-electron chi connectivity index (χ1n) is 6.46. The number of hydrogen-bond donors (Lipinski definition) is 1. The average Bonchev–Trinajstić information content (AvgIpc) is 2.95. The molecule has 0 radical (unpaired) electrons. The Labute approximate surface area is 127 Å². The molecule has 0 unspecified atom stereocenters. The van der Waals surface area contributed by atoms with Crippen LogP contribution < -0.4 is 0 Å². The van der Waals surface area contributed by atoms with E-state index in [0.717, 1.165) is 27.9 Å². The molecule has 0 bridgehead atoms. The van der Waals surface area contributed by atoms with Gasteiger partial charge in [-0.15, -0.1) is 0 Å². The van der Waals surface area contributed by atoms with Crippen molar-refractivity contribution in [1.29, 1.82) is 0 Å². The predicted molar refractivity (Wildman–Crippen MR) is 83.9 cm³/mol. The Bertz CT molecular complexity index is 596. The van der Waals surface area contributed by atoms with Gasteiger partial charge in [-0.2, -0.15) is 4.37 Å². The number of rotatable bonds is 5. The van der Waals surface area contributed by atoms with Crippen LogP contribution in [0.5, 0.6) is 0 Å². The van der Waals surface area contributed by atoms with E-state index in [1.54, 1.807) is 11.8 Å². The number of thioether (sulfide) groups is 1. The standard InChI is InChI=1S/C15H16N2OS2/c1-2-14-16-15(20-17-14)19-11-13-8-6-12(7-9-13)5-3-4-10-18/h6-9,18H,2,4,10-11H2,1H3. The Morgan fingerprint density at radius 2 is 2.10 bits per heavy atom. The minimum atomic E-state index is 0.114. The average molecular weight is 304 g/mol. The Kier molecular flexibility index (Phi) is 6.06. The molecule has 5 heteroatoms. The smallest absolute Gasteiger partial charge is 0.170 e. The minimum Gasteiger partial charge on any atom is -0.395 e. The normalized spacial score (nSPS) is 10.1. The van der Waals surface area contributed by atoms with Gasteiger partial charge in [0.2, 0.25) is 0 Å². The van der Waals surface area contributed by atoms with Crippen LogP contribution in [0, 0.1) is 11.8 Å². The van der Waals surface area contributed by atoms with Crippen LogP contribution in [0.1, 0.15) is 30.3 Å². The predicted octanol–water partition coefficient (Wildman–Crippen LogP) is 3.13.